The predicted molar refractivity (Wildman–Crippen MR) is 89.5 cm³/mol. The average Bonchev–Trinajstić information content (AvgIpc) is 3.11. The van der Waals surface area contributed by atoms with Crippen molar-refractivity contribution >= 4 is 27.1 Å². The SMILES string of the molecule is Cc1ccc([C@H]2CNN=C2S(=O)(=O)Cc2n[nH]c(=S)n2N)cc1. The average molecular weight is 352 g/mol. The van der Waals surface area contributed by atoms with Crippen LogP contribution >= 0.6 is 12.2 Å². The van der Waals surface area contributed by atoms with Crippen molar-refractivity contribution in [3.8, 4) is 0 Å². The number of aromatic nitrogens is 3. The smallest absolute Gasteiger partial charge is 0.214 e. The molecular weight excluding hydrogens is 336 g/mol. The van der Waals surface area contributed by atoms with Crippen LogP contribution in [0.3, 0.4) is 0 Å². The molecule has 23 heavy (non-hydrogen) atoms. The summed E-state index contributed by atoms with van der Waals surface area (Å²) in [5.74, 6) is 5.13. The number of nitrogens with one attached hydrogen (secondary N) is 2. The third kappa shape index (κ3) is 2.99. The van der Waals surface area contributed by atoms with Crippen LogP contribution in [0.1, 0.15) is 22.9 Å². The summed E-state index contributed by atoms with van der Waals surface area (Å²) in [6.07, 6.45) is 0. The quantitative estimate of drug-likeness (QED) is 0.549. The summed E-state index contributed by atoms with van der Waals surface area (Å²) in [6, 6.07) is 7.72. The summed E-state index contributed by atoms with van der Waals surface area (Å²) >= 11 is 4.89. The van der Waals surface area contributed by atoms with E-state index in [-0.39, 0.29) is 27.3 Å². The van der Waals surface area contributed by atoms with Crippen LogP contribution in [0.25, 0.3) is 0 Å². The molecule has 0 unspecified atom stereocenters. The summed E-state index contributed by atoms with van der Waals surface area (Å²) in [5, 5.41) is 10.4. The van der Waals surface area contributed by atoms with Crippen LogP contribution in [0.15, 0.2) is 29.4 Å². The van der Waals surface area contributed by atoms with Gasteiger partial charge in [-0.25, -0.2) is 13.1 Å². The Hall–Kier alpha value is -2.20. The van der Waals surface area contributed by atoms with Crippen LogP contribution in [0.2, 0.25) is 0 Å². The molecule has 1 aromatic heterocycles. The van der Waals surface area contributed by atoms with E-state index in [1.165, 1.54) is 0 Å². The Bertz CT molecular complexity index is 911. The van der Waals surface area contributed by atoms with E-state index in [0.717, 1.165) is 15.8 Å². The van der Waals surface area contributed by atoms with E-state index in [4.69, 9.17) is 18.1 Å². The normalized spacial score (nSPS) is 17.8. The van der Waals surface area contributed by atoms with Gasteiger partial charge in [0, 0.05) is 6.54 Å². The summed E-state index contributed by atoms with van der Waals surface area (Å²) in [7, 11) is -3.67. The molecule has 122 valence electrons. The Labute approximate surface area is 138 Å². The standard InChI is InChI=1S/C13H16N6O2S2/c1-8-2-4-9(5-3-8)10-6-15-17-12(10)23(20,21)7-11-16-18-13(22)19(11)14/h2-5,10,15H,6-7,14H2,1H3,(H,18,22)/t10-/m1/s1. The van der Waals surface area contributed by atoms with Crippen molar-refractivity contribution in [2.75, 3.05) is 12.4 Å². The second-order valence-electron chi connectivity index (χ2n) is 5.35. The third-order valence-corrected chi connectivity index (χ3v) is 5.62. The summed E-state index contributed by atoms with van der Waals surface area (Å²) in [4.78, 5) is 0. The highest BCUT2D eigenvalue weighted by atomic mass is 32.2. The summed E-state index contributed by atoms with van der Waals surface area (Å²) < 4.78 is 26.6. The van der Waals surface area contributed by atoms with Crippen LogP contribution in [0, 0.1) is 11.7 Å². The number of hydrogen-bond donors (Lipinski definition) is 3. The van der Waals surface area contributed by atoms with Crippen molar-refractivity contribution in [2.45, 2.75) is 18.6 Å². The molecule has 1 atom stereocenters. The van der Waals surface area contributed by atoms with E-state index in [9.17, 15) is 8.42 Å². The van der Waals surface area contributed by atoms with Gasteiger partial charge >= 0.3 is 0 Å². The molecule has 10 heteroatoms. The lowest BCUT2D eigenvalue weighted by Gasteiger charge is -2.13. The van der Waals surface area contributed by atoms with Crippen molar-refractivity contribution in [3.05, 3.63) is 46.0 Å². The zero-order chi connectivity index (χ0) is 16.6. The zero-order valence-corrected chi connectivity index (χ0v) is 14.0. The van der Waals surface area contributed by atoms with E-state index >= 15 is 0 Å². The summed E-state index contributed by atoms with van der Waals surface area (Å²) in [5.41, 5.74) is 4.78. The highest BCUT2D eigenvalue weighted by Gasteiger charge is 2.34. The maximum atomic E-state index is 12.7. The summed E-state index contributed by atoms with van der Waals surface area (Å²) in [6.45, 7) is 2.42. The minimum Gasteiger partial charge on any atom is -0.335 e. The van der Waals surface area contributed by atoms with Crippen molar-refractivity contribution in [1.29, 1.82) is 0 Å². The maximum absolute atomic E-state index is 12.7. The maximum Gasteiger partial charge on any atom is 0.214 e. The van der Waals surface area contributed by atoms with Crippen LogP contribution in [-0.2, 0) is 15.6 Å². The number of nitrogens with zero attached hydrogens (tertiary/aromatic N) is 3. The molecule has 0 bridgehead atoms. The second-order valence-corrected chi connectivity index (χ2v) is 7.67. The fraction of sp³-hybridized carbons (Fsp3) is 0.308. The van der Waals surface area contributed by atoms with Gasteiger partial charge in [-0.1, -0.05) is 29.8 Å². The van der Waals surface area contributed by atoms with E-state index in [0.29, 0.717) is 6.54 Å². The van der Waals surface area contributed by atoms with Crippen molar-refractivity contribution in [1.82, 2.24) is 20.3 Å². The number of rotatable bonds is 3. The number of nitrogens with two attached hydrogens (primary N) is 1. The molecule has 0 amide bonds. The first-order valence-electron chi connectivity index (χ1n) is 6.89. The molecule has 8 nitrogen and oxygen atoms in total. The highest BCUT2D eigenvalue weighted by molar-refractivity contribution is 8.05. The Morgan fingerprint density at radius 1 is 1.39 bits per heavy atom. The van der Waals surface area contributed by atoms with Gasteiger partial charge in [-0.3, -0.25) is 5.10 Å². The lowest BCUT2D eigenvalue weighted by molar-refractivity contribution is 0.603. The molecule has 1 aliphatic heterocycles. The Kier molecular flexibility index (Phi) is 3.94. The van der Waals surface area contributed by atoms with Crippen LogP contribution in [0.5, 0.6) is 0 Å². The molecule has 4 N–H and O–H groups in total. The first-order chi connectivity index (χ1) is 10.9. The minimum atomic E-state index is -3.67. The molecule has 0 saturated carbocycles. The Balaban J connectivity index is 1.91. The molecule has 0 spiro atoms. The zero-order valence-electron chi connectivity index (χ0n) is 12.4. The van der Waals surface area contributed by atoms with E-state index in [1.807, 2.05) is 31.2 Å². The van der Waals surface area contributed by atoms with Gasteiger partial charge in [-0.15, -0.1) is 0 Å². The van der Waals surface area contributed by atoms with Crippen molar-refractivity contribution in [3.63, 3.8) is 0 Å². The molecule has 1 aromatic carbocycles. The van der Waals surface area contributed by atoms with Crippen LogP contribution in [0.4, 0.5) is 0 Å². The highest BCUT2D eigenvalue weighted by Crippen LogP contribution is 2.25. The van der Waals surface area contributed by atoms with Gasteiger partial charge in [0.15, 0.2) is 10.9 Å². The number of sulfone groups is 1. The molecule has 0 aliphatic carbocycles. The molecule has 0 saturated heterocycles. The molecule has 3 rings (SSSR count). The van der Waals surface area contributed by atoms with Gasteiger partial charge in [0.2, 0.25) is 14.6 Å². The number of nitrogen functional groups attached to an aromatic ring is 1. The number of H-pyrrole nitrogens is 1. The van der Waals surface area contributed by atoms with E-state index in [2.05, 4.69) is 20.7 Å². The van der Waals surface area contributed by atoms with Crippen LogP contribution in [-0.4, -0.2) is 34.9 Å². The Morgan fingerprint density at radius 3 is 2.70 bits per heavy atom. The van der Waals surface area contributed by atoms with Gasteiger partial charge in [0.25, 0.3) is 0 Å². The fourth-order valence-corrected chi connectivity index (χ4v) is 4.11. The lowest BCUT2D eigenvalue weighted by Crippen LogP contribution is -2.25. The number of benzene rings is 1. The largest absolute Gasteiger partial charge is 0.335 e. The number of hydrazone groups is 1. The van der Waals surface area contributed by atoms with Crippen LogP contribution < -0.4 is 11.3 Å². The second kappa shape index (κ2) is 5.78. The molecule has 0 fully saturated rings. The first kappa shape index (κ1) is 15.7. The van der Waals surface area contributed by atoms with Gasteiger partial charge in [0.1, 0.15) is 5.75 Å². The van der Waals surface area contributed by atoms with Gasteiger partial charge in [-0.2, -0.15) is 10.2 Å². The topological polar surface area (TPSA) is 118 Å². The molecule has 0 radical (unpaired) electrons. The number of hydrogen-bond acceptors (Lipinski definition) is 7. The number of aryl methyl sites for hydroxylation is 1. The van der Waals surface area contributed by atoms with Gasteiger partial charge in [-0.05, 0) is 24.7 Å². The fourth-order valence-electron chi connectivity index (χ4n) is 2.41. The Morgan fingerprint density at radius 2 is 2.09 bits per heavy atom. The lowest BCUT2D eigenvalue weighted by atomic mass is 10.00. The molecule has 1 aliphatic rings. The molecule has 2 heterocycles. The van der Waals surface area contributed by atoms with Crippen molar-refractivity contribution in [2.24, 2.45) is 5.10 Å². The monoisotopic (exact) mass is 352 g/mol. The van der Waals surface area contributed by atoms with E-state index in [1.54, 1.807) is 0 Å². The van der Waals surface area contributed by atoms with E-state index < -0.39 is 9.84 Å². The van der Waals surface area contributed by atoms with Crippen molar-refractivity contribution < 1.29 is 8.42 Å². The third-order valence-electron chi connectivity index (χ3n) is 3.68. The predicted octanol–water partition coefficient (Wildman–Crippen LogP) is 0.578. The minimum absolute atomic E-state index is 0.0928. The molecule has 2 aromatic rings. The number of aromatic amines is 1. The first-order valence-corrected chi connectivity index (χ1v) is 8.95. The van der Waals surface area contributed by atoms with Gasteiger partial charge < -0.3 is 11.3 Å². The van der Waals surface area contributed by atoms with Gasteiger partial charge in [0.05, 0.1) is 5.92 Å². The molecular formula is C13H16N6O2S2.